The molecule has 0 fully saturated rings. The molecule has 0 heterocycles. The molecule has 0 saturated heterocycles. The van der Waals surface area contributed by atoms with Crippen LogP contribution in [0.25, 0.3) is 0 Å². The van der Waals surface area contributed by atoms with Gasteiger partial charge in [-0.3, -0.25) is 4.79 Å². The van der Waals surface area contributed by atoms with E-state index in [1.165, 1.54) is 13.2 Å². The summed E-state index contributed by atoms with van der Waals surface area (Å²) in [5.74, 6) is -1.68. The normalized spacial score (nSPS) is 10.2. The molecule has 0 radical (unpaired) electrons. The highest BCUT2D eigenvalue weighted by atomic mass is 19.1. The van der Waals surface area contributed by atoms with Crippen molar-refractivity contribution in [1.82, 2.24) is 5.32 Å². The van der Waals surface area contributed by atoms with Gasteiger partial charge in [0.15, 0.2) is 0 Å². The van der Waals surface area contributed by atoms with Crippen molar-refractivity contribution >= 4 is 5.91 Å². The van der Waals surface area contributed by atoms with Crippen LogP contribution in [0, 0.1) is 11.6 Å². The minimum absolute atomic E-state index is 0.101. The highest BCUT2D eigenvalue weighted by Crippen LogP contribution is 2.09. The van der Waals surface area contributed by atoms with E-state index in [-0.39, 0.29) is 17.9 Å². The predicted molar refractivity (Wildman–Crippen MR) is 54.9 cm³/mol. The Bertz CT molecular complexity index is 369. The fourth-order valence-corrected chi connectivity index (χ4v) is 1.19. The maximum Gasteiger partial charge on any atom is 0.224 e. The molecule has 1 aromatic carbocycles. The summed E-state index contributed by atoms with van der Waals surface area (Å²) in [6, 6.07) is 3.15. The minimum Gasteiger partial charge on any atom is -0.383 e. The van der Waals surface area contributed by atoms with Crippen LogP contribution in [0.4, 0.5) is 8.78 Å². The summed E-state index contributed by atoms with van der Waals surface area (Å²) in [6.45, 7) is 0.774. The zero-order valence-electron chi connectivity index (χ0n) is 8.93. The summed E-state index contributed by atoms with van der Waals surface area (Å²) in [6.07, 6.45) is -0.101. The molecular formula is C11H13F2NO2. The van der Waals surface area contributed by atoms with Crippen molar-refractivity contribution < 1.29 is 18.3 Å². The van der Waals surface area contributed by atoms with E-state index in [0.717, 1.165) is 12.1 Å². The Morgan fingerprint density at radius 1 is 1.44 bits per heavy atom. The third kappa shape index (κ3) is 3.94. The van der Waals surface area contributed by atoms with Crippen molar-refractivity contribution in [3.05, 3.63) is 35.4 Å². The number of carbonyl (C=O) groups is 1. The Kier molecular flexibility index (Phi) is 4.85. The van der Waals surface area contributed by atoms with Gasteiger partial charge in [0.05, 0.1) is 13.0 Å². The third-order valence-electron chi connectivity index (χ3n) is 1.99. The lowest BCUT2D eigenvalue weighted by atomic mass is 10.1. The van der Waals surface area contributed by atoms with Gasteiger partial charge < -0.3 is 10.1 Å². The number of hydrogen-bond acceptors (Lipinski definition) is 2. The standard InChI is InChI=1S/C11H13F2NO2/c1-16-5-4-14-11(15)6-8-2-3-9(12)7-10(8)13/h2-3,7H,4-6H2,1H3,(H,14,15). The lowest BCUT2D eigenvalue weighted by Crippen LogP contribution is -2.28. The first kappa shape index (κ1) is 12.6. The number of amides is 1. The molecule has 0 aliphatic heterocycles. The average Bonchev–Trinajstić information content (AvgIpc) is 2.23. The topological polar surface area (TPSA) is 38.3 Å². The third-order valence-corrected chi connectivity index (χ3v) is 1.99. The van der Waals surface area contributed by atoms with Crippen molar-refractivity contribution in [2.45, 2.75) is 6.42 Å². The zero-order chi connectivity index (χ0) is 12.0. The fourth-order valence-electron chi connectivity index (χ4n) is 1.19. The van der Waals surface area contributed by atoms with Gasteiger partial charge in [-0.2, -0.15) is 0 Å². The van der Waals surface area contributed by atoms with Crippen LogP contribution < -0.4 is 5.32 Å². The maximum absolute atomic E-state index is 13.2. The van der Waals surface area contributed by atoms with Crippen LogP contribution in [0.5, 0.6) is 0 Å². The predicted octanol–water partition coefficient (Wildman–Crippen LogP) is 1.27. The van der Waals surface area contributed by atoms with Gasteiger partial charge in [-0.15, -0.1) is 0 Å². The SMILES string of the molecule is COCCNC(=O)Cc1ccc(F)cc1F. The Balaban J connectivity index is 2.49. The summed E-state index contributed by atoms with van der Waals surface area (Å²) in [5, 5.41) is 2.55. The highest BCUT2D eigenvalue weighted by molar-refractivity contribution is 5.78. The second kappa shape index (κ2) is 6.17. The van der Waals surface area contributed by atoms with E-state index in [9.17, 15) is 13.6 Å². The average molecular weight is 229 g/mol. The first-order chi connectivity index (χ1) is 7.63. The molecule has 16 heavy (non-hydrogen) atoms. The van der Waals surface area contributed by atoms with Gasteiger partial charge in [-0.05, 0) is 11.6 Å². The van der Waals surface area contributed by atoms with Gasteiger partial charge in [-0.1, -0.05) is 6.07 Å². The Morgan fingerprint density at radius 2 is 2.19 bits per heavy atom. The fraction of sp³-hybridized carbons (Fsp3) is 0.364. The summed E-state index contributed by atoms with van der Waals surface area (Å²) in [7, 11) is 1.52. The van der Waals surface area contributed by atoms with Gasteiger partial charge in [0.2, 0.25) is 5.91 Å². The van der Waals surface area contributed by atoms with Crippen molar-refractivity contribution in [2.75, 3.05) is 20.3 Å². The molecule has 1 aromatic rings. The second-order valence-corrected chi connectivity index (χ2v) is 3.26. The number of ether oxygens (including phenoxy) is 1. The molecular weight excluding hydrogens is 216 g/mol. The lowest BCUT2D eigenvalue weighted by molar-refractivity contribution is -0.120. The lowest BCUT2D eigenvalue weighted by Gasteiger charge is -2.05. The monoisotopic (exact) mass is 229 g/mol. The van der Waals surface area contributed by atoms with E-state index in [1.54, 1.807) is 0 Å². The van der Waals surface area contributed by atoms with E-state index in [0.29, 0.717) is 13.2 Å². The highest BCUT2D eigenvalue weighted by Gasteiger charge is 2.08. The largest absolute Gasteiger partial charge is 0.383 e. The molecule has 1 rings (SSSR count). The van der Waals surface area contributed by atoms with Gasteiger partial charge in [0.1, 0.15) is 11.6 Å². The maximum atomic E-state index is 13.2. The molecule has 1 amide bonds. The van der Waals surface area contributed by atoms with Crippen molar-refractivity contribution in [2.24, 2.45) is 0 Å². The number of halogens is 2. The molecule has 0 aromatic heterocycles. The van der Waals surface area contributed by atoms with E-state index < -0.39 is 11.6 Å². The molecule has 5 heteroatoms. The summed E-state index contributed by atoms with van der Waals surface area (Å²) in [4.78, 5) is 11.3. The first-order valence-electron chi connectivity index (χ1n) is 4.83. The van der Waals surface area contributed by atoms with Gasteiger partial charge in [0.25, 0.3) is 0 Å². The van der Waals surface area contributed by atoms with Crippen LogP contribution in [-0.2, 0) is 16.0 Å². The van der Waals surface area contributed by atoms with Crippen LogP contribution in [0.15, 0.2) is 18.2 Å². The number of methoxy groups -OCH3 is 1. The molecule has 0 saturated carbocycles. The van der Waals surface area contributed by atoms with Crippen LogP contribution in [0.2, 0.25) is 0 Å². The Morgan fingerprint density at radius 3 is 2.81 bits per heavy atom. The Labute approximate surface area is 92.4 Å². The molecule has 88 valence electrons. The molecule has 0 aliphatic carbocycles. The van der Waals surface area contributed by atoms with Crippen LogP contribution >= 0.6 is 0 Å². The number of benzene rings is 1. The van der Waals surface area contributed by atoms with E-state index in [4.69, 9.17) is 4.74 Å². The van der Waals surface area contributed by atoms with Crippen molar-refractivity contribution in [3.63, 3.8) is 0 Å². The van der Waals surface area contributed by atoms with E-state index >= 15 is 0 Å². The summed E-state index contributed by atoms with van der Waals surface area (Å²) >= 11 is 0. The molecule has 0 aliphatic rings. The molecule has 0 atom stereocenters. The second-order valence-electron chi connectivity index (χ2n) is 3.26. The van der Waals surface area contributed by atoms with Crippen LogP contribution in [0.1, 0.15) is 5.56 Å². The molecule has 0 unspecified atom stereocenters. The first-order valence-corrected chi connectivity index (χ1v) is 4.83. The number of rotatable bonds is 5. The molecule has 1 N–H and O–H groups in total. The minimum atomic E-state index is -0.707. The van der Waals surface area contributed by atoms with Crippen molar-refractivity contribution in [3.8, 4) is 0 Å². The van der Waals surface area contributed by atoms with Crippen LogP contribution in [-0.4, -0.2) is 26.2 Å². The molecule has 3 nitrogen and oxygen atoms in total. The Hall–Kier alpha value is -1.49. The summed E-state index contributed by atoms with van der Waals surface area (Å²) < 4.78 is 30.5. The summed E-state index contributed by atoms with van der Waals surface area (Å²) in [5.41, 5.74) is 0.177. The van der Waals surface area contributed by atoms with E-state index in [1.807, 2.05) is 0 Å². The van der Waals surface area contributed by atoms with Crippen LogP contribution in [0.3, 0.4) is 0 Å². The molecule has 0 spiro atoms. The quantitative estimate of drug-likeness (QED) is 0.772. The number of hydrogen-bond donors (Lipinski definition) is 1. The van der Waals surface area contributed by atoms with E-state index in [2.05, 4.69) is 5.32 Å². The number of nitrogens with one attached hydrogen (secondary N) is 1. The van der Waals surface area contributed by atoms with Crippen molar-refractivity contribution in [1.29, 1.82) is 0 Å². The van der Waals surface area contributed by atoms with Gasteiger partial charge in [0, 0.05) is 19.7 Å². The smallest absolute Gasteiger partial charge is 0.224 e. The van der Waals surface area contributed by atoms with Gasteiger partial charge in [-0.25, -0.2) is 8.78 Å². The molecule has 0 bridgehead atoms. The zero-order valence-corrected chi connectivity index (χ0v) is 8.93. The van der Waals surface area contributed by atoms with Gasteiger partial charge >= 0.3 is 0 Å². The number of carbonyl (C=O) groups excluding carboxylic acids is 1.